The Kier molecular flexibility index (Phi) is 2.33. The normalized spacial score (nSPS) is 11.0. The molecule has 0 aliphatic heterocycles. The number of hydrogen-bond acceptors (Lipinski definition) is 1. The van der Waals surface area contributed by atoms with E-state index < -0.39 is 0 Å². The number of aromatic amines is 1. The largest absolute Gasteiger partial charge is 0.396 e. The number of rotatable bonds is 1. The Morgan fingerprint density at radius 1 is 1.11 bits per heavy atom. The molecule has 1 heterocycles. The Morgan fingerprint density at radius 3 is 2.67 bits per heavy atom. The van der Waals surface area contributed by atoms with E-state index in [0.29, 0.717) is 0 Å². The van der Waals surface area contributed by atoms with E-state index in [9.17, 15) is 4.39 Å². The van der Waals surface area contributed by atoms with Gasteiger partial charge in [0.2, 0.25) is 0 Å². The number of nitrogens with one attached hydrogen (secondary N) is 1. The maximum atomic E-state index is 13.4. The molecule has 0 unspecified atom stereocenters. The highest BCUT2D eigenvalue weighted by Crippen LogP contribution is 2.28. The van der Waals surface area contributed by atoms with E-state index in [2.05, 4.69) is 18.0 Å². The summed E-state index contributed by atoms with van der Waals surface area (Å²) in [7, 11) is 0. The minimum absolute atomic E-state index is 0.167. The number of nitrogen functional groups attached to an aromatic ring is 1. The van der Waals surface area contributed by atoms with Crippen molar-refractivity contribution in [2.75, 3.05) is 5.73 Å². The van der Waals surface area contributed by atoms with Gasteiger partial charge in [-0.25, -0.2) is 4.39 Å². The Bertz CT molecular complexity index is 689. The van der Waals surface area contributed by atoms with E-state index in [4.69, 9.17) is 5.73 Å². The molecule has 3 heteroatoms. The van der Waals surface area contributed by atoms with Gasteiger partial charge in [0, 0.05) is 22.2 Å². The first-order valence-corrected chi connectivity index (χ1v) is 5.79. The quantitative estimate of drug-likeness (QED) is 0.623. The molecule has 3 rings (SSSR count). The van der Waals surface area contributed by atoms with Gasteiger partial charge in [-0.05, 0) is 30.7 Å². The second-order valence-electron chi connectivity index (χ2n) is 4.46. The van der Waals surface area contributed by atoms with E-state index in [1.54, 1.807) is 6.07 Å². The molecule has 0 fully saturated rings. The topological polar surface area (TPSA) is 41.8 Å². The molecule has 0 amide bonds. The number of halogens is 1. The fourth-order valence-corrected chi connectivity index (χ4v) is 2.19. The van der Waals surface area contributed by atoms with Crippen molar-refractivity contribution in [2.45, 2.75) is 6.92 Å². The monoisotopic (exact) mass is 240 g/mol. The lowest BCUT2D eigenvalue weighted by molar-refractivity contribution is 0.634. The maximum absolute atomic E-state index is 13.4. The number of aromatic nitrogens is 1. The van der Waals surface area contributed by atoms with Gasteiger partial charge in [0.05, 0.1) is 5.69 Å². The van der Waals surface area contributed by atoms with Crippen molar-refractivity contribution in [2.24, 2.45) is 0 Å². The van der Waals surface area contributed by atoms with Crippen LogP contribution in [0.4, 0.5) is 10.1 Å². The van der Waals surface area contributed by atoms with E-state index in [-0.39, 0.29) is 11.5 Å². The average Bonchev–Trinajstić information content (AvgIpc) is 2.73. The number of fused-ring (bicyclic) bond motifs is 1. The van der Waals surface area contributed by atoms with Crippen LogP contribution in [0, 0.1) is 12.7 Å². The zero-order valence-electron chi connectivity index (χ0n) is 10.00. The molecule has 0 saturated carbocycles. The van der Waals surface area contributed by atoms with E-state index in [0.717, 1.165) is 22.2 Å². The van der Waals surface area contributed by atoms with Gasteiger partial charge < -0.3 is 10.7 Å². The molecule has 2 aromatic carbocycles. The van der Waals surface area contributed by atoms with Crippen molar-refractivity contribution >= 4 is 16.6 Å². The number of benzene rings is 2. The molecule has 1 aromatic heterocycles. The smallest absolute Gasteiger partial charge is 0.146 e. The molecule has 2 nitrogen and oxygen atoms in total. The van der Waals surface area contributed by atoms with Gasteiger partial charge in [0.15, 0.2) is 0 Å². The van der Waals surface area contributed by atoms with Gasteiger partial charge >= 0.3 is 0 Å². The molecule has 0 saturated heterocycles. The third-order valence-electron chi connectivity index (χ3n) is 3.17. The Balaban J connectivity index is 2.23. The third kappa shape index (κ3) is 1.64. The minimum Gasteiger partial charge on any atom is -0.396 e. The standard InChI is InChI=1S/C15H13FN2/c1-9-4-2-3-5-11(9)15-7-10-6-12(16)13(17)8-14(10)18-15/h2-8,18H,17H2,1H3. The lowest BCUT2D eigenvalue weighted by Gasteiger charge is -2.01. The van der Waals surface area contributed by atoms with Crippen molar-refractivity contribution in [1.82, 2.24) is 4.98 Å². The fraction of sp³-hybridized carbons (Fsp3) is 0.0667. The van der Waals surface area contributed by atoms with Crippen molar-refractivity contribution in [3.05, 3.63) is 53.8 Å². The van der Waals surface area contributed by atoms with Crippen molar-refractivity contribution in [3.63, 3.8) is 0 Å². The lowest BCUT2D eigenvalue weighted by Crippen LogP contribution is -1.89. The number of hydrogen-bond donors (Lipinski definition) is 2. The van der Waals surface area contributed by atoms with Crippen LogP contribution in [0.2, 0.25) is 0 Å². The number of anilines is 1. The number of H-pyrrole nitrogens is 1. The van der Waals surface area contributed by atoms with Gasteiger partial charge in [-0.3, -0.25) is 0 Å². The third-order valence-corrected chi connectivity index (χ3v) is 3.17. The first-order chi connectivity index (χ1) is 8.65. The van der Waals surface area contributed by atoms with Crippen LogP contribution in [0.1, 0.15) is 5.56 Å². The molecule has 0 atom stereocenters. The minimum atomic E-state index is -0.377. The zero-order chi connectivity index (χ0) is 12.7. The summed E-state index contributed by atoms with van der Waals surface area (Å²) in [6, 6.07) is 13.1. The molecular formula is C15H13FN2. The summed E-state index contributed by atoms with van der Waals surface area (Å²) >= 11 is 0. The molecule has 0 radical (unpaired) electrons. The lowest BCUT2D eigenvalue weighted by atomic mass is 10.1. The molecule has 3 aromatic rings. The zero-order valence-corrected chi connectivity index (χ0v) is 10.00. The Hall–Kier alpha value is -2.29. The molecule has 18 heavy (non-hydrogen) atoms. The molecular weight excluding hydrogens is 227 g/mol. The average molecular weight is 240 g/mol. The highest BCUT2D eigenvalue weighted by molar-refractivity contribution is 5.88. The molecule has 0 aliphatic carbocycles. The fourth-order valence-electron chi connectivity index (χ4n) is 2.19. The SMILES string of the molecule is Cc1ccccc1-c1cc2cc(F)c(N)cc2[nH]1. The maximum Gasteiger partial charge on any atom is 0.146 e. The highest BCUT2D eigenvalue weighted by atomic mass is 19.1. The van der Waals surface area contributed by atoms with Gasteiger partial charge in [-0.2, -0.15) is 0 Å². The second kappa shape index (κ2) is 3.88. The van der Waals surface area contributed by atoms with Crippen molar-refractivity contribution in [3.8, 4) is 11.3 Å². The van der Waals surface area contributed by atoms with E-state index in [1.807, 2.05) is 24.3 Å². The van der Waals surface area contributed by atoms with Gasteiger partial charge in [-0.1, -0.05) is 24.3 Å². The summed E-state index contributed by atoms with van der Waals surface area (Å²) in [6.45, 7) is 2.05. The number of aryl methyl sites for hydroxylation is 1. The van der Waals surface area contributed by atoms with Crippen LogP contribution in [0.25, 0.3) is 22.2 Å². The van der Waals surface area contributed by atoms with Crippen LogP contribution in [0.15, 0.2) is 42.5 Å². The van der Waals surface area contributed by atoms with Crippen LogP contribution in [-0.4, -0.2) is 4.98 Å². The first-order valence-electron chi connectivity index (χ1n) is 5.79. The summed E-state index contributed by atoms with van der Waals surface area (Å²) < 4.78 is 13.4. The summed E-state index contributed by atoms with van der Waals surface area (Å²) in [5, 5.41) is 0.833. The van der Waals surface area contributed by atoms with Crippen molar-refractivity contribution < 1.29 is 4.39 Å². The van der Waals surface area contributed by atoms with Crippen LogP contribution < -0.4 is 5.73 Å². The summed E-state index contributed by atoms with van der Waals surface area (Å²) in [5.41, 5.74) is 9.87. The molecule has 0 spiro atoms. The molecule has 0 aliphatic rings. The molecule has 3 N–H and O–H groups in total. The predicted octanol–water partition coefficient (Wildman–Crippen LogP) is 3.86. The molecule has 90 valence electrons. The number of nitrogens with two attached hydrogens (primary N) is 1. The van der Waals surface area contributed by atoms with Crippen LogP contribution in [-0.2, 0) is 0 Å². The van der Waals surface area contributed by atoms with Gasteiger partial charge in [0.25, 0.3) is 0 Å². The Morgan fingerprint density at radius 2 is 1.89 bits per heavy atom. The first kappa shape index (κ1) is 10.8. The second-order valence-corrected chi connectivity index (χ2v) is 4.46. The van der Waals surface area contributed by atoms with Crippen molar-refractivity contribution in [1.29, 1.82) is 0 Å². The summed E-state index contributed by atoms with van der Waals surface area (Å²) in [4.78, 5) is 3.27. The van der Waals surface area contributed by atoms with Gasteiger partial charge in [0.1, 0.15) is 5.82 Å². The molecule has 0 bridgehead atoms. The van der Waals surface area contributed by atoms with Crippen LogP contribution in [0.5, 0.6) is 0 Å². The van der Waals surface area contributed by atoms with Crippen LogP contribution >= 0.6 is 0 Å². The van der Waals surface area contributed by atoms with E-state index >= 15 is 0 Å². The van der Waals surface area contributed by atoms with Gasteiger partial charge in [-0.15, -0.1) is 0 Å². The summed E-state index contributed by atoms with van der Waals surface area (Å²) in [5.74, 6) is -0.377. The van der Waals surface area contributed by atoms with E-state index in [1.165, 1.54) is 11.6 Å². The highest BCUT2D eigenvalue weighted by Gasteiger charge is 2.08. The predicted molar refractivity (Wildman–Crippen MR) is 72.8 cm³/mol. The Labute approximate surface area is 104 Å². The van der Waals surface area contributed by atoms with Crippen LogP contribution in [0.3, 0.4) is 0 Å². The summed E-state index contributed by atoms with van der Waals surface area (Å²) in [6.07, 6.45) is 0.